The molecule has 16 nitrogen and oxygen atoms in total. The number of phenolic OH excluding ortho intramolecular Hbond substituents is 2. The lowest BCUT2D eigenvalue weighted by molar-refractivity contribution is -0.236. The van der Waals surface area contributed by atoms with Crippen LogP contribution in [0.25, 0.3) is 0 Å². The number of benzene rings is 3. The topological polar surface area (TPSA) is 247 Å². The van der Waals surface area contributed by atoms with Gasteiger partial charge in [0.15, 0.2) is 23.2 Å². The number of ether oxygens (including phenoxy) is 4. The molecule has 3 aromatic carbocycles. The molecule has 0 radical (unpaired) electrons. The fourth-order valence-corrected chi connectivity index (χ4v) is 8.65. The van der Waals surface area contributed by atoms with Gasteiger partial charge in [-0.2, -0.15) is 0 Å². The smallest absolute Gasteiger partial charge is 0.255 e. The Balaban J connectivity index is 1.32. The molecule has 1 saturated heterocycles. The molecular weight excluding hydrogens is 751 g/mol. The molecule has 1 aliphatic heterocycles. The summed E-state index contributed by atoms with van der Waals surface area (Å²) < 4.78 is 35.6. The number of aryl methyl sites for hydroxylation is 1. The highest BCUT2D eigenvalue weighted by atomic mass is 19.1. The van der Waals surface area contributed by atoms with Crippen molar-refractivity contribution < 1.29 is 72.8 Å². The first-order valence-corrected chi connectivity index (χ1v) is 17.8. The number of rotatable bonds is 8. The Labute approximate surface area is 323 Å². The lowest BCUT2D eigenvalue weighted by atomic mass is 9.56. The lowest BCUT2D eigenvalue weighted by Gasteiger charge is -2.53. The SMILES string of the molecule is CO[C@@H]1[C@@H](O)[C@@H](OC)[C@@H](NC2=CC(=O)c3c(cc4c(c3O)C(=O)[C@]3(OC)[C@H](O)Cc5cc(C)c(C(=O)NCc6ccc(F)cc6)c(O)c5[C@]3(O)C4=O)C2=O)O[C@H]1C. The van der Waals surface area contributed by atoms with Crippen LogP contribution in [0.4, 0.5) is 4.39 Å². The summed E-state index contributed by atoms with van der Waals surface area (Å²) in [6.07, 6.45) is -6.72. The van der Waals surface area contributed by atoms with Gasteiger partial charge in [0.05, 0.1) is 34.6 Å². The third-order valence-electron chi connectivity index (χ3n) is 11.4. The van der Waals surface area contributed by atoms with Crippen molar-refractivity contribution in [1.29, 1.82) is 0 Å². The summed E-state index contributed by atoms with van der Waals surface area (Å²) in [5.74, 6) is -8.11. The van der Waals surface area contributed by atoms with Gasteiger partial charge in [-0.3, -0.25) is 24.0 Å². The third kappa shape index (κ3) is 5.64. The molecule has 8 atom stereocenters. The Bertz CT molecular complexity index is 2290. The molecule has 4 aliphatic rings. The summed E-state index contributed by atoms with van der Waals surface area (Å²) >= 11 is 0. The molecule has 300 valence electrons. The highest BCUT2D eigenvalue weighted by Crippen LogP contribution is 2.56. The molecule has 0 saturated carbocycles. The van der Waals surface area contributed by atoms with Crippen molar-refractivity contribution in [3.05, 3.63) is 104 Å². The van der Waals surface area contributed by atoms with E-state index in [1.165, 1.54) is 51.5 Å². The zero-order valence-corrected chi connectivity index (χ0v) is 31.2. The largest absolute Gasteiger partial charge is 0.507 e. The maximum absolute atomic E-state index is 14.8. The van der Waals surface area contributed by atoms with E-state index in [1.54, 1.807) is 6.92 Å². The summed E-state index contributed by atoms with van der Waals surface area (Å²) in [6, 6.07) is 7.42. The van der Waals surface area contributed by atoms with Crippen LogP contribution in [0.1, 0.15) is 81.0 Å². The number of allylic oxidation sites excluding steroid dienone is 2. The second-order valence-electron chi connectivity index (χ2n) is 14.4. The van der Waals surface area contributed by atoms with Gasteiger partial charge < -0.3 is 55.1 Å². The second-order valence-corrected chi connectivity index (χ2v) is 14.4. The molecule has 7 rings (SSSR count). The van der Waals surface area contributed by atoms with Crippen LogP contribution in [0.2, 0.25) is 0 Å². The van der Waals surface area contributed by atoms with Gasteiger partial charge in [0.25, 0.3) is 5.91 Å². The molecule has 1 heterocycles. The van der Waals surface area contributed by atoms with Crippen molar-refractivity contribution in [3.8, 4) is 11.5 Å². The maximum atomic E-state index is 14.8. The number of halogens is 1. The minimum absolute atomic E-state index is 0.0254. The van der Waals surface area contributed by atoms with Crippen LogP contribution < -0.4 is 10.6 Å². The summed E-state index contributed by atoms with van der Waals surface area (Å²) in [7, 11) is 3.56. The number of fused-ring (bicyclic) bond motifs is 5. The van der Waals surface area contributed by atoms with Crippen molar-refractivity contribution in [2.75, 3.05) is 21.3 Å². The number of methoxy groups -OCH3 is 3. The van der Waals surface area contributed by atoms with E-state index in [9.17, 15) is 53.9 Å². The molecule has 0 spiro atoms. The summed E-state index contributed by atoms with van der Waals surface area (Å²) in [6.45, 7) is 2.96. The number of nitrogens with one attached hydrogen (secondary N) is 2. The van der Waals surface area contributed by atoms with Gasteiger partial charge in [-0.05, 0) is 48.7 Å². The number of phenols is 2. The van der Waals surface area contributed by atoms with Crippen LogP contribution in [0.15, 0.2) is 48.2 Å². The van der Waals surface area contributed by atoms with E-state index in [1.807, 2.05) is 0 Å². The molecule has 17 heteroatoms. The fraction of sp³-hybridized carbons (Fsp3) is 0.375. The lowest BCUT2D eigenvalue weighted by Crippen LogP contribution is -2.73. The van der Waals surface area contributed by atoms with Crippen molar-refractivity contribution >= 4 is 29.0 Å². The van der Waals surface area contributed by atoms with Gasteiger partial charge in [0, 0.05) is 57.1 Å². The number of carbonyl (C=O) groups is 5. The zero-order valence-electron chi connectivity index (χ0n) is 31.2. The van der Waals surface area contributed by atoms with Gasteiger partial charge in [-0.25, -0.2) is 4.39 Å². The minimum Gasteiger partial charge on any atom is -0.507 e. The molecule has 0 aromatic heterocycles. The molecule has 0 bridgehead atoms. The average molecular weight is 791 g/mol. The highest BCUT2D eigenvalue weighted by Gasteiger charge is 2.72. The predicted molar refractivity (Wildman–Crippen MR) is 192 cm³/mol. The number of Topliss-reactive ketones (excluding diaryl/α,β-unsaturated/α-hetero) is 3. The number of aliphatic hydroxyl groups excluding tert-OH is 2. The van der Waals surface area contributed by atoms with E-state index in [2.05, 4.69) is 10.6 Å². The maximum Gasteiger partial charge on any atom is 0.255 e. The standard InChI is InChI=1S/C40H39FN2O14/c1-15-10-18-11-24(45)40(56-5)36(51)27-21(35(50)39(40,53)28(18)31(48)25(15)37(52)42-14-17-6-8-19(41)9-7-17)12-20-26(30(27)47)23(44)13-22(29(20)46)43-38-34(55-4)32(49)33(54-3)16(2)57-38/h6-10,12-13,16,24,32-34,38,43,45,47-49,53H,11,14H2,1-5H3,(H,42,52)/t16-,24+,32+,33-,34+,38-,39-,40+/m0/s1. The van der Waals surface area contributed by atoms with Gasteiger partial charge in [-0.1, -0.05) is 18.2 Å². The summed E-state index contributed by atoms with van der Waals surface area (Å²) in [5, 5.41) is 63.9. The van der Waals surface area contributed by atoms with Gasteiger partial charge >= 0.3 is 0 Å². The predicted octanol–water partition coefficient (Wildman–Crippen LogP) is 1.03. The van der Waals surface area contributed by atoms with Crippen molar-refractivity contribution in [3.63, 3.8) is 0 Å². The number of aromatic hydroxyl groups is 2. The second kappa shape index (κ2) is 14.2. The van der Waals surface area contributed by atoms with E-state index in [0.717, 1.165) is 19.3 Å². The van der Waals surface area contributed by atoms with E-state index < -0.39 is 140 Å². The number of hydrogen-bond acceptors (Lipinski definition) is 15. The molecule has 57 heavy (non-hydrogen) atoms. The van der Waals surface area contributed by atoms with E-state index in [4.69, 9.17) is 18.9 Å². The molecule has 3 aliphatic carbocycles. The van der Waals surface area contributed by atoms with Gasteiger partial charge in [0.1, 0.15) is 35.6 Å². The molecule has 3 aromatic rings. The third-order valence-corrected chi connectivity index (χ3v) is 11.4. The monoisotopic (exact) mass is 790 g/mol. The number of aliphatic hydroxyl groups is 3. The molecular formula is C40H39FN2O14. The van der Waals surface area contributed by atoms with Crippen LogP contribution in [-0.4, -0.2) is 118 Å². The molecule has 1 fully saturated rings. The highest BCUT2D eigenvalue weighted by molar-refractivity contribution is 6.31. The number of amides is 1. The Kier molecular flexibility index (Phi) is 9.93. The fourth-order valence-electron chi connectivity index (χ4n) is 8.65. The Hall–Kier alpha value is -5.40. The molecule has 1 amide bonds. The Morgan fingerprint density at radius 2 is 1.61 bits per heavy atom. The Morgan fingerprint density at radius 1 is 0.947 bits per heavy atom. The quantitative estimate of drug-likeness (QED) is 0.169. The van der Waals surface area contributed by atoms with Crippen molar-refractivity contribution in [2.45, 2.75) is 74.8 Å². The van der Waals surface area contributed by atoms with Crippen LogP contribution in [0.3, 0.4) is 0 Å². The number of carbonyl (C=O) groups excluding carboxylic acids is 5. The van der Waals surface area contributed by atoms with E-state index in [-0.39, 0.29) is 17.7 Å². The van der Waals surface area contributed by atoms with E-state index in [0.29, 0.717) is 5.56 Å². The Morgan fingerprint density at radius 3 is 2.25 bits per heavy atom. The first-order chi connectivity index (χ1) is 27.0. The van der Waals surface area contributed by atoms with Crippen molar-refractivity contribution in [1.82, 2.24) is 10.6 Å². The van der Waals surface area contributed by atoms with Crippen LogP contribution in [0, 0.1) is 12.7 Å². The minimum atomic E-state index is -3.28. The summed E-state index contributed by atoms with van der Waals surface area (Å²) in [5.41, 5.74) is -9.83. The van der Waals surface area contributed by atoms with E-state index >= 15 is 0 Å². The van der Waals surface area contributed by atoms with Gasteiger partial charge in [0.2, 0.25) is 17.3 Å². The van der Waals surface area contributed by atoms with Gasteiger partial charge in [-0.15, -0.1) is 0 Å². The van der Waals surface area contributed by atoms with Crippen molar-refractivity contribution in [2.24, 2.45) is 0 Å². The average Bonchev–Trinajstić information content (AvgIpc) is 3.15. The first-order valence-electron chi connectivity index (χ1n) is 17.8. The first kappa shape index (κ1) is 39.8. The van der Waals surface area contributed by atoms with Crippen LogP contribution in [-0.2, 0) is 37.5 Å². The van der Waals surface area contributed by atoms with Crippen LogP contribution in [0.5, 0.6) is 11.5 Å². The zero-order chi connectivity index (χ0) is 41.5. The normalized spacial score (nSPS) is 29.2. The number of ketones is 4. The van der Waals surface area contributed by atoms with Crippen LogP contribution >= 0.6 is 0 Å². The molecule has 0 unspecified atom stereocenters. The number of hydrogen-bond donors (Lipinski definition) is 7. The summed E-state index contributed by atoms with van der Waals surface area (Å²) in [4.78, 5) is 70.7. The molecule has 7 N–H and O–H groups in total.